The van der Waals surface area contributed by atoms with Crippen molar-refractivity contribution in [3.8, 4) is 17.2 Å². The van der Waals surface area contributed by atoms with Gasteiger partial charge >= 0.3 is 6.03 Å². The van der Waals surface area contributed by atoms with E-state index in [0.717, 1.165) is 22.4 Å². The highest BCUT2D eigenvalue weighted by Crippen LogP contribution is 2.34. The lowest BCUT2D eigenvalue weighted by molar-refractivity contribution is -0.122. The zero-order valence-corrected chi connectivity index (χ0v) is 25.9. The Morgan fingerprint density at radius 3 is 2.40 bits per heavy atom. The van der Waals surface area contributed by atoms with Crippen molar-refractivity contribution in [2.75, 3.05) is 30.0 Å². The van der Waals surface area contributed by atoms with Gasteiger partial charge in [0.15, 0.2) is 18.1 Å². The number of carbonyl (C=O) groups excluding carboxylic acids is 4. The summed E-state index contributed by atoms with van der Waals surface area (Å²) >= 11 is 3.39. The summed E-state index contributed by atoms with van der Waals surface area (Å²) in [6, 6.07) is 14.3. The molecule has 10 nitrogen and oxygen atoms in total. The standard InChI is InChI=1S/C32H32BrN3O7/c1-5-13-42-27-12-10-24(17-28(27)41-6-2)36-31(39)25(30(38)35-32(36)40)16-21-15-22(33)8-11-26(21)43-18-29(37)34-23-9-7-19(3)20(4)14-23/h7-12,14-17H,5-6,13,18H2,1-4H3,(H,34,37)(H,35,38,40)/b25-16+. The minimum atomic E-state index is -0.898. The van der Waals surface area contributed by atoms with E-state index in [1.165, 1.54) is 12.1 Å². The third-order valence-electron chi connectivity index (χ3n) is 6.47. The minimum Gasteiger partial charge on any atom is -0.490 e. The van der Waals surface area contributed by atoms with E-state index >= 15 is 0 Å². The number of urea groups is 1. The third kappa shape index (κ3) is 7.61. The molecule has 5 amide bonds. The minimum absolute atomic E-state index is 0.196. The van der Waals surface area contributed by atoms with Crippen molar-refractivity contribution in [2.45, 2.75) is 34.1 Å². The Morgan fingerprint density at radius 1 is 0.907 bits per heavy atom. The highest BCUT2D eigenvalue weighted by atomic mass is 79.9. The van der Waals surface area contributed by atoms with E-state index < -0.39 is 17.8 Å². The molecule has 0 bridgehead atoms. The topological polar surface area (TPSA) is 123 Å². The fraction of sp³-hybridized carbons (Fsp3) is 0.250. The lowest BCUT2D eigenvalue weighted by atomic mass is 10.1. The Labute approximate surface area is 258 Å². The molecule has 1 heterocycles. The molecule has 43 heavy (non-hydrogen) atoms. The van der Waals surface area contributed by atoms with Crippen LogP contribution in [-0.2, 0) is 14.4 Å². The molecule has 0 radical (unpaired) electrons. The molecular weight excluding hydrogens is 618 g/mol. The second-order valence-corrected chi connectivity index (χ2v) is 10.6. The van der Waals surface area contributed by atoms with Crippen LogP contribution in [0.25, 0.3) is 6.08 Å². The number of ether oxygens (including phenoxy) is 3. The zero-order valence-electron chi connectivity index (χ0n) is 24.3. The first-order valence-electron chi connectivity index (χ1n) is 13.7. The Morgan fingerprint density at radius 2 is 1.67 bits per heavy atom. The number of imide groups is 2. The number of nitrogens with zero attached hydrogens (tertiary/aromatic N) is 1. The highest BCUT2D eigenvalue weighted by Gasteiger charge is 2.37. The largest absolute Gasteiger partial charge is 0.490 e. The smallest absolute Gasteiger partial charge is 0.335 e. The van der Waals surface area contributed by atoms with Gasteiger partial charge in [0.1, 0.15) is 11.3 Å². The average Bonchev–Trinajstić information content (AvgIpc) is 2.96. The molecule has 1 fully saturated rings. The van der Waals surface area contributed by atoms with Crippen molar-refractivity contribution < 1.29 is 33.4 Å². The number of barbiturate groups is 1. The van der Waals surface area contributed by atoms with Gasteiger partial charge in [-0.05, 0) is 86.9 Å². The van der Waals surface area contributed by atoms with E-state index in [9.17, 15) is 19.2 Å². The summed E-state index contributed by atoms with van der Waals surface area (Å²) in [7, 11) is 0. The lowest BCUT2D eigenvalue weighted by Gasteiger charge is -2.27. The molecular formula is C32H32BrN3O7. The molecule has 0 aliphatic carbocycles. The predicted molar refractivity (Wildman–Crippen MR) is 167 cm³/mol. The summed E-state index contributed by atoms with van der Waals surface area (Å²) in [5.74, 6) is -0.996. The number of benzene rings is 3. The highest BCUT2D eigenvalue weighted by molar-refractivity contribution is 9.10. The number of carbonyl (C=O) groups is 4. The number of hydrogen-bond acceptors (Lipinski definition) is 7. The quantitative estimate of drug-likeness (QED) is 0.195. The molecule has 3 aromatic carbocycles. The number of rotatable bonds is 11. The van der Waals surface area contributed by atoms with Crippen LogP contribution in [0.5, 0.6) is 17.2 Å². The molecule has 1 aliphatic heterocycles. The Hall–Kier alpha value is -4.64. The Balaban J connectivity index is 1.59. The summed E-state index contributed by atoms with van der Waals surface area (Å²) < 4.78 is 17.8. The maximum Gasteiger partial charge on any atom is 0.335 e. The first-order chi connectivity index (χ1) is 20.6. The molecule has 1 saturated heterocycles. The van der Waals surface area contributed by atoms with Crippen LogP contribution < -0.4 is 29.7 Å². The van der Waals surface area contributed by atoms with Crippen molar-refractivity contribution in [3.63, 3.8) is 0 Å². The first kappa shape index (κ1) is 31.3. The molecule has 0 saturated carbocycles. The summed E-state index contributed by atoms with van der Waals surface area (Å²) in [4.78, 5) is 52.7. The first-order valence-corrected chi connectivity index (χ1v) is 14.5. The van der Waals surface area contributed by atoms with Crippen molar-refractivity contribution >= 4 is 57.1 Å². The van der Waals surface area contributed by atoms with Crippen LogP contribution in [0.1, 0.15) is 37.0 Å². The van der Waals surface area contributed by atoms with Gasteiger partial charge in [-0.25, -0.2) is 9.69 Å². The van der Waals surface area contributed by atoms with E-state index in [2.05, 4.69) is 26.6 Å². The second kappa shape index (κ2) is 14.0. The third-order valence-corrected chi connectivity index (χ3v) is 6.96. The molecule has 0 atom stereocenters. The summed E-state index contributed by atoms with van der Waals surface area (Å²) in [5.41, 5.74) is 3.03. The number of halogens is 1. The normalized spacial score (nSPS) is 14.0. The van der Waals surface area contributed by atoms with Gasteiger partial charge in [-0.1, -0.05) is 28.9 Å². The summed E-state index contributed by atoms with van der Waals surface area (Å²) in [6.45, 7) is 8.20. The number of hydrogen-bond donors (Lipinski definition) is 2. The summed E-state index contributed by atoms with van der Waals surface area (Å²) in [5, 5.41) is 5.01. The Bertz CT molecular complexity index is 1600. The van der Waals surface area contributed by atoms with Gasteiger partial charge in [0.2, 0.25) is 0 Å². The summed E-state index contributed by atoms with van der Waals surface area (Å²) in [6.07, 6.45) is 2.11. The molecule has 0 aromatic heterocycles. The number of anilines is 2. The SMILES string of the molecule is CCCOc1ccc(N2C(=O)NC(=O)/C(=C\c3cc(Br)ccc3OCC(=O)Nc3ccc(C)c(C)c3)C2=O)cc1OCC. The number of amides is 5. The fourth-order valence-electron chi connectivity index (χ4n) is 4.21. The molecule has 11 heteroatoms. The van der Waals surface area contributed by atoms with E-state index in [0.29, 0.717) is 40.4 Å². The van der Waals surface area contributed by atoms with Gasteiger partial charge in [0.05, 0.1) is 18.9 Å². The van der Waals surface area contributed by atoms with Gasteiger partial charge in [0.25, 0.3) is 17.7 Å². The predicted octanol–water partition coefficient (Wildman–Crippen LogP) is 5.94. The van der Waals surface area contributed by atoms with E-state index in [4.69, 9.17) is 14.2 Å². The molecule has 2 N–H and O–H groups in total. The molecule has 224 valence electrons. The van der Waals surface area contributed by atoms with Crippen molar-refractivity contribution in [1.82, 2.24) is 5.32 Å². The van der Waals surface area contributed by atoms with Gasteiger partial charge < -0.3 is 19.5 Å². The lowest BCUT2D eigenvalue weighted by Crippen LogP contribution is -2.54. The van der Waals surface area contributed by atoms with Crippen LogP contribution in [0.4, 0.5) is 16.2 Å². The van der Waals surface area contributed by atoms with Gasteiger partial charge in [-0.15, -0.1) is 0 Å². The monoisotopic (exact) mass is 649 g/mol. The second-order valence-electron chi connectivity index (χ2n) is 9.69. The van der Waals surface area contributed by atoms with E-state index in [-0.39, 0.29) is 29.5 Å². The maximum absolute atomic E-state index is 13.6. The van der Waals surface area contributed by atoms with Crippen LogP contribution in [0.2, 0.25) is 0 Å². The van der Waals surface area contributed by atoms with Crippen molar-refractivity contribution in [2.24, 2.45) is 0 Å². The van der Waals surface area contributed by atoms with Crippen LogP contribution in [0.3, 0.4) is 0 Å². The van der Waals surface area contributed by atoms with Crippen LogP contribution in [0, 0.1) is 13.8 Å². The maximum atomic E-state index is 13.6. The molecule has 0 unspecified atom stereocenters. The average molecular weight is 651 g/mol. The van der Waals surface area contributed by atoms with Gasteiger partial charge in [-0.3, -0.25) is 19.7 Å². The van der Waals surface area contributed by atoms with Crippen LogP contribution >= 0.6 is 15.9 Å². The Kier molecular flexibility index (Phi) is 10.2. The zero-order chi connectivity index (χ0) is 31.1. The van der Waals surface area contributed by atoms with Crippen LogP contribution in [-0.4, -0.2) is 43.6 Å². The van der Waals surface area contributed by atoms with E-state index in [1.807, 2.05) is 32.9 Å². The van der Waals surface area contributed by atoms with Crippen molar-refractivity contribution in [1.29, 1.82) is 0 Å². The number of aryl methyl sites for hydroxylation is 2. The van der Waals surface area contributed by atoms with E-state index in [1.54, 1.807) is 43.3 Å². The molecule has 1 aliphatic rings. The van der Waals surface area contributed by atoms with Crippen molar-refractivity contribution in [3.05, 3.63) is 81.3 Å². The molecule has 3 aromatic rings. The van der Waals surface area contributed by atoms with Gasteiger partial charge in [-0.2, -0.15) is 0 Å². The van der Waals surface area contributed by atoms with Gasteiger partial charge in [0, 0.05) is 21.8 Å². The molecule has 0 spiro atoms. The molecule has 4 rings (SSSR count). The van der Waals surface area contributed by atoms with Crippen LogP contribution in [0.15, 0.2) is 64.6 Å². The fourth-order valence-corrected chi connectivity index (χ4v) is 4.58. The number of nitrogens with one attached hydrogen (secondary N) is 2.